The Morgan fingerprint density at radius 1 is 1.29 bits per heavy atom. The molecule has 0 saturated heterocycles. The molecule has 1 unspecified atom stereocenters. The molecule has 0 fully saturated rings. The van der Waals surface area contributed by atoms with Crippen molar-refractivity contribution in [1.29, 1.82) is 0 Å². The van der Waals surface area contributed by atoms with Gasteiger partial charge in [-0.2, -0.15) is 0 Å². The van der Waals surface area contributed by atoms with E-state index in [1.54, 1.807) is 11.3 Å². The van der Waals surface area contributed by atoms with Gasteiger partial charge in [-0.3, -0.25) is 0 Å². The van der Waals surface area contributed by atoms with Gasteiger partial charge in [0.05, 0.1) is 5.69 Å². The standard InChI is InChI=1S/C12H10Br2N2S/c13-7-2-1-3-8(14)10(7)6-4-5-9-11(6)17-12(15)16-9/h1-3,6H,4-5H2,(H2,15,16). The molecule has 17 heavy (non-hydrogen) atoms. The minimum Gasteiger partial charge on any atom is -0.375 e. The highest BCUT2D eigenvalue weighted by Gasteiger charge is 2.30. The van der Waals surface area contributed by atoms with E-state index in [4.69, 9.17) is 5.73 Å². The summed E-state index contributed by atoms with van der Waals surface area (Å²) in [4.78, 5) is 5.72. The summed E-state index contributed by atoms with van der Waals surface area (Å²) in [5, 5.41) is 0.683. The minimum absolute atomic E-state index is 0.421. The van der Waals surface area contributed by atoms with Crippen molar-refractivity contribution in [2.45, 2.75) is 18.8 Å². The van der Waals surface area contributed by atoms with Gasteiger partial charge in [-0.1, -0.05) is 37.9 Å². The number of nitrogen functional groups attached to an aromatic ring is 1. The van der Waals surface area contributed by atoms with Crippen LogP contribution in [-0.4, -0.2) is 4.98 Å². The first-order valence-corrected chi connectivity index (χ1v) is 7.76. The second-order valence-electron chi connectivity index (χ2n) is 4.09. The highest BCUT2D eigenvalue weighted by atomic mass is 79.9. The van der Waals surface area contributed by atoms with Gasteiger partial charge in [-0.15, -0.1) is 11.3 Å². The topological polar surface area (TPSA) is 38.9 Å². The van der Waals surface area contributed by atoms with E-state index in [1.165, 1.54) is 16.1 Å². The van der Waals surface area contributed by atoms with Gasteiger partial charge in [-0.25, -0.2) is 4.98 Å². The lowest BCUT2D eigenvalue weighted by Crippen LogP contribution is -1.97. The molecule has 0 aliphatic heterocycles. The third kappa shape index (κ3) is 1.94. The van der Waals surface area contributed by atoms with E-state index in [1.807, 2.05) is 6.07 Å². The fraction of sp³-hybridized carbons (Fsp3) is 0.250. The SMILES string of the molecule is Nc1nc2c(s1)C(c1c(Br)cccc1Br)CC2. The van der Waals surface area contributed by atoms with Crippen molar-refractivity contribution < 1.29 is 0 Å². The van der Waals surface area contributed by atoms with Gasteiger partial charge in [-0.05, 0) is 30.5 Å². The summed E-state index contributed by atoms with van der Waals surface area (Å²) in [6, 6.07) is 6.21. The third-order valence-corrected chi connectivity index (χ3v) is 5.50. The quantitative estimate of drug-likeness (QED) is 0.807. The van der Waals surface area contributed by atoms with Gasteiger partial charge in [0.15, 0.2) is 5.13 Å². The van der Waals surface area contributed by atoms with Crippen LogP contribution in [0.1, 0.15) is 28.5 Å². The molecule has 1 aromatic heterocycles. The lowest BCUT2D eigenvalue weighted by molar-refractivity contribution is 0.784. The normalized spacial score (nSPS) is 18.4. The van der Waals surface area contributed by atoms with Gasteiger partial charge < -0.3 is 5.73 Å². The summed E-state index contributed by atoms with van der Waals surface area (Å²) >= 11 is 8.90. The van der Waals surface area contributed by atoms with Crippen LogP contribution < -0.4 is 5.73 Å². The fourth-order valence-corrected chi connectivity index (χ4v) is 4.94. The van der Waals surface area contributed by atoms with Crippen molar-refractivity contribution >= 4 is 48.3 Å². The minimum atomic E-state index is 0.421. The van der Waals surface area contributed by atoms with Crippen molar-refractivity contribution in [3.8, 4) is 0 Å². The maximum Gasteiger partial charge on any atom is 0.180 e. The number of aromatic nitrogens is 1. The average molecular weight is 374 g/mol. The Balaban J connectivity index is 2.12. The Hall–Kier alpha value is -0.390. The smallest absolute Gasteiger partial charge is 0.180 e. The Bertz CT molecular complexity index is 560. The second kappa shape index (κ2) is 4.37. The van der Waals surface area contributed by atoms with E-state index >= 15 is 0 Å². The van der Waals surface area contributed by atoms with Gasteiger partial charge in [0.1, 0.15) is 0 Å². The van der Waals surface area contributed by atoms with Crippen molar-refractivity contribution in [1.82, 2.24) is 4.98 Å². The van der Waals surface area contributed by atoms with Crippen LogP contribution in [0.2, 0.25) is 0 Å². The molecule has 2 nitrogen and oxygen atoms in total. The maximum atomic E-state index is 5.79. The summed E-state index contributed by atoms with van der Waals surface area (Å²) < 4.78 is 2.30. The molecule has 3 rings (SSSR count). The fourth-order valence-electron chi connectivity index (χ4n) is 2.37. The maximum absolute atomic E-state index is 5.79. The molecule has 0 bridgehead atoms. The number of rotatable bonds is 1. The van der Waals surface area contributed by atoms with E-state index in [2.05, 4.69) is 49.0 Å². The molecule has 0 amide bonds. The molecular weight excluding hydrogens is 364 g/mol. The lowest BCUT2D eigenvalue weighted by Gasteiger charge is -2.14. The molecule has 5 heteroatoms. The number of hydrogen-bond acceptors (Lipinski definition) is 3. The van der Waals surface area contributed by atoms with Crippen molar-refractivity contribution in [3.63, 3.8) is 0 Å². The monoisotopic (exact) mass is 372 g/mol. The summed E-state index contributed by atoms with van der Waals surface area (Å²) in [5.74, 6) is 0.421. The Morgan fingerprint density at radius 3 is 2.71 bits per heavy atom. The largest absolute Gasteiger partial charge is 0.375 e. The predicted octanol–water partition coefficient (Wildman–Crippen LogP) is 4.33. The van der Waals surface area contributed by atoms with E-state index in [0.717, 1.165) is 21.8 Å². The molecule has 1 atom stereocenters. The highest BCUT2D eigenvalue weighted by molar-refractivity contribution is 9.11. The number of hydrogen-bond donors (Lipinski definition) is 1. The number of fused-ring (bicyclic) bond motifs is 1. The first-order valence-electron chi connectivity index (χ1n) is 5.36. The molecule has 0 radical (unpaired) electrons. The Morgan fingerprint density at radius 2 is 2.00 bits per heavy atom. The summed E-state index contributed by atoms with van der Waals surface area (Å²) in [6.07, 6.45) is 2.15. The Kier molecular flexibility index (Phi) is 3.00. The van der Waals surface area contributed by atoms with Gasteiger partial charge in [0.2, 0.25) is 0 Å². The van der Waals surface area contributed by atoms with Crippen molar-refractivity contribution in [2.24, 2.45) is 0 Å². The molecule has 1 heterocycles. The predicted molar refractivity (Wildman–Crippen MR) is 78.5 cm³/mol. The van der Waals surface area contributed by atoms with Crippen LogP contribution in [0.5, 0.6) is 0 Å². The number of thiazole rings is 1. The molecule has 0 saturated carbocycles. The van der Waals surface area contributed by atoms with Crippen molar-refractivity contribution in [3.05, 3.63) is 43.3 Å². The van der Waals surface area contributed by atoms with Crippen LogP contribution in [0, 0.1) is 0 Å². The molecule has 1 aliphatic carbocycles. The van der Waals surface area contributed by atoms with Crippen LogP contribution >= 0.6 is 43.2 Å². The molecule has 2 aromatic rings. The third-order valence-electron chi connectivity index (χ3n) is 3.08. The number of anilines is 1. The van der Waals surface area contributed by atoms with Gasteiger partial charge in [0, 0.05) is 19.7 Å². The highest BCUT2D eigenvalue weighted by Crippen LogP contribution is 2.46. The van der Waals surface area contributed by atoms with Gasteiger partial charge in [0.25, 0.3) is 0 Å². The number of nitrogens with zero attached hydrogens (tertiary/aromatic N) is 1. The van der Waals surface area contributed by atoms with Crippen LogP contribution in [0.15, 0.2) is 27.1 Å². The van der Waals surface area contributed by atoms with Crippen LogP contribution in [0.25, 0.3) is 0 Å². The number of aryl methyl sites for hydroxylation is 1. The molecule has 1 aromatic carbocycles. The number of halogens is 2. The molecular formula is C12H10Br2N2S. The molecule has 2 N–H and O–H groups in total. The van der Waals surface area contributed by atoms with E-state index in [9.17, 15) is 0 Å². The van der Waals surface area contributed by atoms with E-state index in [-0.39, 0.29) is 0 Å². The molecule has 1 aliphatic rings. The first-order chi connectivity index (χ1) is 8.16. The molecule has 0 spiro atoms. The van der Waals surface area contributed by atoms with E-state index in [0.29, 0.717) is 11.0 Å². The van der Waals surface area contributed by atoms with Crippen LogP contribution in [-0.2, 0) is 6.42 Å². The first kappa shape index (κ1) is 11.7. The summed E-state index contributed by atoms with van der Waals surface area (Å²) in [7, 11) is 0. The zero-order valence-electron chi connectivity index (χ0n) is 8.91. The zero-order chi connectivity index (χ0) is 12.0. The van der Waals surface area contributed by atoms with E-state index < -0.39 is 0 Å². The lowest BCUT2D eigenvalue weighted by atomic mass is 9.98. The second-order valence-corrected chi connectivity index (χ2v) is 6.86. The number of benzene rings is 1. The van der Waals surface area contributed by atoms with Crippen LogP contribution in [0.4, 0.5) is 5.13 Å². The van der Waals surface area contributed by atoms with Crippen LogP contribution in [0.3, 0.4) is 0 Å². The zero-order valence-corrected chi connectivity index (χ0v) is 12.9. The van der Waals surface area contributed by atoms with Crippen molar-refractivity contribution in [2.75, 3.05) is 5.73 Å². The summed E-state index contributed by atoms with van der Waals surface area (Å²) in [6.45, 7) is 0. The number of nitrogens with two attached hydrogens (primary N) is 1. The summed E-state index contributed by atoms with van der Waals surface area (Å²) in [5.41, 5.74) is 8.28. The Labute approximate surface area is 121 Å². The van der Waals surface area contributed by atoms with Gasteiger partial charge >= 0.3 is 0 Å². The molecule has 88 valence electrons. The average Bonchev–Trinajstić information content (AvgIpc) is 2.78.